The molecule has 3 aromatic rings. The van der Waals surface area contributed by atoms with Crippen LogP contribution in [-0.2, 0) is 0 Å². The summed E-state index contributed by atoms with van der Waals surface area (Å²) in [5.41, 5.74) is 7.74. The Morgan fingerprint density at radius 1 is 0.435 bits per heavy atom. The zero-order valence-corrected chi connectivity index (χ0v) is 30.9. The lowest BCUT2D eigenvalue weighted by atomic mass is 10.0. The van der Waals surface area contributed by atoms with Gasteiger partial charge < -0.3 is 9.80 Å². The maximum Gasteiger partial charge on any atom is 0.0426 e. The average molecular weight is 737 g/mol. The van der Waals surface area contributed by atoms with Crippen molar-refractivity contribution in [3.05, 3.63) is 90.9 Å². The molecule has 0 unspecified atom stereocenters. The van der Waals surface area contributed by atoms with E-state index in [-0.39, 0.29) is 0 Å². The molecule has 0 aliphatic heterocycles. The van der Waals surface area contributed by atoms with Crippen molar-refractivity contribution in [2.45, 2.75) is 79.1 Å². The van der Waals surface area contributed by atoms with Gasteiger partial charge >= 0.3 is 0 Å². The highest BCUT2D eigenvalue weighted by molar-refractivity contribution is 9.11. The number of fused-ring (bicyclic) bond motifs is 4. The van der Waals surface area contributed by atoms with Crippen LogP contribution in [-0.4, -0.2) is 26.2 Å². The van der Waals surface area contributed by atoms with Gasteiger partial charge in [0.1, 0.15) is 0 Å². The van der Waals surface area contributed by atoms with Crippen molar-refractivity contribution >= 4 is 43.2 Å². The Kier molecular flexibility index (Phi) is 14.3. The van der Waals surface area contributed by atoms with E-state index in [1.807, 2.05) is 6.07 Å². The zero-order valence-electron chi connectivity index (χ0n) is 27.8. The van der Waals surface area contributed by atoms with E-state index >= 15 is 0 Å². The molecule has 0 fully saturated rings. The second kappa shape index (κ2) is 18.6. The fraction of sp³-hybridized carbons (Fsp3) is 0.381. The smallest absolute Gasteiger partial charge is 0.0426 e. The summed E-state index contributed by atoms with van der Waals surface area (Å²) in [6.45, 7) is 13.1. The van der Waals surface area contributed by atoms with Crippen LogP contribution >= 0.6 is 31.9 Å². The number of hydrogen-bond acceptors (Lipinski definition) is 2. The maximum atomic E-state index is 3.74. The first-order valence-electron chi connectivity index (χ1n) is 16.8. The van der Waals surface area contributed by atoms with Crippen LogP contribution in [0.3, 0.4) is 0 Å². The Labute approximate surface area is 295 Å². The van der Waals surface area contributed by atoms with Crippen molar-refractivity contribution in [3.8, 4) is 47.4 Å². The van der Waals surface area contributed by atoms with E-state index in [0.29, 0.717) is 0 Å². The molecule has 0 aromatic heterocycles. The fourth-order valence-corrected chi connectivity index (χ4v) is 6.42. The first kappa shape index (κ1) is 35.3. The second-order valence-corrected chi connectivity index (χ2v) is 13.4. The van der Waals surface area contributed by atoms with Crippen LogP contribution in [0.1, 0.15) is 112 Å². The molecule has 0 amide bonds. The molecule has 0 atom stereocenters. The standard InChI is InChI=1S/C42H44Br2N2/c1-5-9-25-45(26-10-6-2)39-23-21-33-15-13-14-16-34-22-24-40(46(27-11-7-3)28-12-8-4)31-36(34)18-20-38-29-37(19-17-35(33)30-39)41(43)32-42(38)44/h21-24,29-32H,5-12,25-28H2,1-4H3. The van der Waals surface area contributed by atoms with Crippen LogP contribution < -0.4 is 9.80 Å². The van der Waals surface area contributed by atoms with Crippen LogP contribution in [0.5, 0.6) is 0 Å². The van der Waals surface area contributed by atoms with E-state index in [1.165, 1.54) is 37.1 Å². The third-order valence-corrected chi connectivity index (χ3v) is 9.35. The molecule has 0 saturated carbocycles. The molecular weight excluding hydrogens is 692 g/mol. The second-order valence-electron chi connectivity index (χ2n) is 11.7. The predicted octanol–water partition coefficient (Wildman–Crippen LogP) is 10.5. The summed E-state index contributed by atoms with van der Waals surface area (Å²) >= 11 is 7.48. The van der Waals surface area contributed by atoms with Crippen molar-refractivity contribution in [1.82, 2.24) is 0 Å². The van der Waals surface area contributed by atoms with Gasteiger partial charge in [-0.1, -0.05) is 88.9 Å². The minimum Gasteiger partial charge on any atom is -0.372 e. The number of rotatable bonds is 14. The molecule has 2 bridgehead atoms. The third-order valence-electron chi connectivity index (χ3n) is 8.04. The molecule has 0 spiro atoms. The van der Waals surface area contributed by atoms with E-state index in [2.05, 4.69) is 159 Å². The Balaban J connectivity index is 1.85. The summed E-state index contributed by atoms with van der Waals surface area (Å²) in [6, 6.07) is 17.1. The molecule has 0 radical (unpaired) electrons. The molecule has 0 saturated heterocycles. The fourth-order valence-electron chi connectivity index (χ4n) is 5.23. The van der Waals surface area contributed by atoms with Gasteiger partial charge in [-0.25, -0.2) is 0 Å². The summed E-state index contributed by atoms with van der Waals surface area (Å²) in [7, 11) is 0. The Hall–Kier alpha value is -3.54. The Morgan fingerprint density at radius 3 is 1.17 bits per heavy atom. The molecular formula is C42H44Br2N2. The van der Waals surface area contributed by atoms with Crippen molar-refractivity contribution in [2.24, 2.45) is 0 Å². The molecule has 46 heavy (non-hydrogen) atoms. The molecule has 3 aromatic carbocycles. The van der Waals surface area contributed by atoms with Crippen molar-refractivity contribution in [3.63, 3.8) is 0 Å². The van der Waals surface area contributed by atoms with E-state index in [0.717, 1.165) is 94.2 Å². The van der Waals surface area contributed by atoms with Crippen molar-refractivity contribution < 1.29 is 0 Å². The van der Waals surface area contributed by atoms with Gasteiger partial charge in [-0.2, -0.15) is 0 Å². The molecule has 0 N–H and O–H groups in total. The summed E-state index contributed by atoms with van der Waals surface area (Å²) in [4.78, 5) is 4.97. The largest absolute Gasteiger partial charge is 0.372 e. The van der Waals surface area contributed by atoms with Gasteiger partial charge in [0, 0.05) is 79.9 Å². The first-order valence-corrected chi connectivity index (χ1v) is 18.4. The minimum atomic E-state index is 0.883. The Morgan fingerprint density at radius 2 is 0.804 bits per heavy atom. The lowest BCUT2D eigenvalue weighted by Gasteiger charge is -2.25. The monoisotopic (exact) mass is 734 g/mol. The van der Waals surface area contributed by atoms with Crippen LogP contribution in [0.15, 0.2) is 57.5 Å². The minimum absolute atomic E-state index is 0.883. The molecule has 4 rings (SSSR count). The lowest BCUT2D eigenvalue weighted by Crippen LogP contribution is -2.25. The third kappa shape index (κ3) is 9.98. The van der Waals surface area contributed by atoms with Gasteiger partial charge in [0.15, 0.2) is 0 Å². The normalized spacial score (nSPS) is 11.0. The highest BCUT2D eigenvalue weighted by Crippen LogP contribution is 2.27. The van der Waals surface area contributed by atoms with Crippen LogP contribution in [0, 0.1) is 47.4 Å². The zero-order chi connectivity index (χ0) is 32.7. The summed E-state index contributed by atoms with van der Waals surface area (Å²) in [6.07, 6.45) is 9.32. The summed E-state index contributed by atoms with van der Waals surface area (Å²) in [5.74, 6) is 26.6. The molecule has 1 aliphatic carbocycles. The SMILES string of the molecule is CCCCN(CCCC)c1ccc2c(c1)C#Cc1cc(c(Br)cc1Br)C#Cc1cc(N(CCCC)CCCC)ccc1C#CC#C2. The van der Waals surface area contributed by atoms with Gasteiger partial charge in [-0.05, 0) is 118 Å². The Bertz CT molecular complexity index is 1620. The van der Waals surface area contributed by atoms with E-state index < -0.39 is 0 Å². The predicted molar refractivity (Wildman–Crippen MR) is 204 cm³/mol. The van der Waals surface area contributed by atoms with Crippen LogP contribution in [0.4, 0.5) is 11.4 Å². The maximum absolute atomic E-state index is 3.74. The van der Waals surface area contributed by atoms with E-state index in [4.69, 9.17) is 0 Å². The van der Waals surface area contributed by atoms with Crippen molar-refractivity contribution in [2.75, 3.05) is 36.0 Å². The van der Waals surface area contributed by atoms with Gasteiger partial charge in [0.25, 0.3) is 0 Å². The quantitative estimate of drug-likeness (QED) is 0.152. The van der Waals surface area contributed by atoms with E-state index in [9.17, 15) is 0 Å². The van der Waals surface area contributed by atoms with Crippen LogP contribution in [0.2, 0.25) is 0 Å². The molecule has 0 heterocycles. The summed E-state index contributed by atoms with van der Waals surface area (Å²) in [5, 5.41) is 0. The number of unbranched alkanes of at least 4 members (excludes halogenated alkanes) is 4. The van der Waals surface area contributed by atoms with E-state index in [1.54, 1.807) is 0 Å². The number of hydrogen-bond donors (Lipinski definition) is 0. The number of benzene rings is 3. The van der Waals surface area contributed by atoms with Gasteiger partial charge in [0.05, 0.1) is 0 Å². The van der Waals surface area contributed by atoms with Crippen LogP contribution in [0.25, 0.3) is 0 Å². The number of anilines is 2. The molecule has 4 heteroatoms. The average Bonchev–Trinajstić information content (AvgIpc) is 3.07. The highest BCUT2D eigenvalue weighted by atomic mass is 79.9. The van der Waals surface area contributed by atoms with Crippen molar-refractivity contribution in [1.29, 1.82) is 0 Å². The summed E-state index contributed by atoms with van der Waals surface area (Å²) < 4.78 is 1.85. The number of nitrogens with zero attached hydrogens (tertiary/aromatic N) is 2. The van der Waals surface area contributed by atoms with Gasteiger partial charge in [-0.3, -0.25) is 0 Å². The highest BCUT2D eigenvalue weighted by Gasteiger charge is 2.11. The molecule has 2 nitrogen and oxygen atoms in total. The molecule has 1 aliphatic rings. The topological polar surface area (TPSA) is 6.48 Å². The van der Waals surface area contributed by atoms with Gasteiger partial charge in [0.2, 0.25) is 0 Å². The number of halogens is 2. The lowest BCUT2D eigenvalue weighted by molar-refractivity contribution is 0.678. The van der Waals surface area contributed by atoms with Gasteiger partial charge in [-0.15, -0.1) is 0 Å². The first-order chi connectivity index (χ1) is 22.5. The molecule has 236 valence electrons.